The molecule has 6 heteroatoms. The van der Waals surface area contributed by atoms with Crippen LogP contribution < -0.4 is 0 Å². The zero-order valence-electron chi connectivity index (χ0n) is 9.26. The molecule has 2 heterocycles. The maximum Gasteiger partial charge on any atom is 0.328 e. The van der Waals surface area contributed by atoms with E-state index in [0.717, 1.165) is 19.4 Å². The first-order valence-corrected chi connectivity index (χ1v) is 5.45. The number of ether oxygens (including phenoxy) is 1. The van der Waals surface area contributed by atoms with Gasteiger partial charge in [-0.2, -0.15) is 0 Å². The molecule has 2 unspecified atom stereocenters. The molecule has 0 saturated carbocycles. The van der Waals surface area contributed by atoms with Crippen molar-refractivity contribution in [2.75, 3.05) is 26.7 Å². The van der Waals surface area contributed by atoms with E-state index in [9.17, 15) is 9.59 Å². The predicted molar refractivity (Wildman–Crippen MR) is 55.1 cm³/mol. The molecule has 16 heavy (non-hydrogen) atoms. The minimum absolute atomic E-state index is 0.0740. The number of carboxylic acid groups (broad SMARTS) is 1. The van der Waals surface area contributed by atoms with Gasteiger partial charge in [-0.3, -0.25) is 0 Å². The standard InChI is InChI=1S/C10H16N2O4/c1-11-8(9(13)14)6-12(10(11)15)5-7-3-2-4-16-7/h7-8H,2-6H2,1H3,(H,13,14). The highest BCUT2D eigenvalue weighted by atomic mass is 16.5. The number of likely N-dealkylation sites (N-methyl/N-ethyl adjacent to an activating group) is 1. The first-order valence-electron chi connectivity index (χ1n) is 5.45. The molecule has 2 saturated heterocycles. The van der Waals surface area contributed by atoms with E-state index >= 15 is 0 Å². The van der Waals surface area contributed by atoms with Crippen LogP contribution in [-0.2, 0) is 9.53 Å². The number of carboxylic acids is 1. The second-order valence-electron chi connectivity index (χ2n) is 4.29. The maximum atomic E-state index is 11.7. The largest absolute Gasteiger partial charge is 0.480 e. The minimum Gasteiger partial charge on any atom is -0.480 e. The number of hydrogen-bond acceptors (Lipinski definition) is 3. The van der Waals surface area contributed by atoms with Crippen LogP contribution in [0.25, 0.3) is 0 Å². The van der Waals surface area contributed by atoms with E-state index in [0.29, 0.717) is 6.54 Å². The number of carbonyl (C=O) groups excluding carboxylic acids is 1. The fourth-order valence-electron chi connectivity index (χ4n) is 2.20. The van der Waals surface area contributed by atoms with E-state index in [1.54, 1.807) is 4.90 Å². The third-order valence-corrected chi connectivity index (χ3v) is 3.17. The van der Waals surface area contributed by atoms with Gasteiger partial charge in [0.1, 0.15) is 6.04 Å². The van der Waals surface area contributed by atoms with Crippen molar-refractivity contribution in [1.82, 2.24) is 9.80 Å². The zero-order valence-corrected chi connectivity index (χ0v) is 9.26. The molecule has 1 N–H and O–H groups in total. The number of nitrogens with zero attached hydrogens (tertiary/aromatic N) is 2. The van der Waals surface area contributed by atoms with Crippen LogP contribution in [0.5, 0.6) is 0 Å². The van der Waals surface area contributed by atoms with Gasteiger partial charge >= 0.3 is 12.0 Å². The highest BCUT2D eigenvalue weighted by molar-refractivity contribution is 5.86. The molecule has 0 aromatic rings. The molecule has 2 fully saturated rings. The van der Waals surface area contributed by atoms with Crippen LogP contribution in [0, 0.1) is 0 Å². The van der Waals surface area contributed by atoms with Gasteiger partial charge in [0.05, 0.1) is 12.6 Å². The van der Waals surface area contributed by atoms with Crippen LogP contribution in [0.2, 0.25) is 0 Å². The van der Waals surface area contributed by atoms with E-state index in [-0.39, 0.29) is 18.7 Å². The zero-order chi connectivity index (χ0) is 11.7. The summed E-state index contributed by atoms with van der Waals surface area (Å²) < 4.78 is 5.43. The highest BCUT2D eigenvalue weighted by Gasteiger charge is 2.40. The van der Waals surface area contributed by atoms with Crippen molar-refractivity contribution in [3.63, 3.8) is 0 Å². The molecule has 2 aliphatic rings. The van der Waals surface area contributed by atoms with Crippen molar-refractivity contribution in [2.45, 2.75) is 25.0 Å². The van der Waals surface area contributed by atoms with Gasteiger partial charge in [0.2, 0.25) is 0 Å². The van der Waals surface area contributed by atoms with Gasteiger partial charge < -0.3 is 19.6 Å². The molecule has 0 bridgehead atoms. The van der Waals surface area contributed by atoms with Crippen LogP contribution in [0.4, 0.5) is 4.79 Å². The highest BCUT2D eigenvalue weighted by Crippen LogP contribution is 2.19. The van der Waals surface area contributed by atoms with Gasteiger partial charge in [-0.1, -0.05) is 0 Å². The van der Waals surface area contributed by atoms with Gasteiger partial charge in [0, 0.05) is 20.2 Å². The van der Waals surface area contributed by atoms with Crippen LogP contribution in [0.3, 0.4) is 0 Å². The topological polar surface area (TPSA) is 70.1 Å². The van der Waals surface area contributed by atoms with E-state index in [1.165, 1.54) is 11.9 Å². The molecule has 2 atom stereocenters. The van der Waals surface area contributed by atoms with Crippen molar-refractivity contribution in [3.8, 4) is 0 Å². The molecule has 0 radical (unpaired) electrons. The number of aliphatic carboxylic acids is 1. The van der Waals surface area contributed by atoms with E-state index in [2.05, 4.69) is 0 Å². The Morgan fingerprint density at radius 1 is 1.62 bits per heavy atom. The van der Waals surface area contributed by atoms with Crippen molar-refractivity contribution < 1.29 is 19.4 Å². The number of urea groups is 1. The Morgan fingerprint density at radius 3 is 2.88 bits per heavy atom. The molecule has 0 aromatic carbocycles. The van der Waals surface area contributed by atoms with Gasteiger partial charge in [-0.05, 0) is 12.8 Å². The SMILES string of the molecule is CN1C(=O)N(CC2CCCO2)CC1C(=O)O. The minimum atomic E-state index is -0.953. The van der Waals surface area contributed by atoms with Crippen LogP contribution in [-0.4, -0.2) is 65.8 Å². The first-order chi connectivity index (χ1) is 7.59. The summed E-state index contributed by atoms with van der Waals surface area (Å²) >= 11 is 0. The third kappa shape index (κ3) is 1.97. The molecule has 0 aromatic heterocycles. The number of rotatable bonds is 3. The summed E-state index contributed by atoms with van der Waals surface area (Å²) in [6, 6.07) is -0.947. The normalized spacial score (nSPS) is 30.2. The molecule has 0 aliphatic carbocycles. The Hall–Kier alpha value is -1.30. The second kappa shape index (κ2) is 4.29. The van der Waals surface area contributed by atoms with E-state index < -0.39 is 12.0 Å². The molecule has 0 spiro atoms. The van der Waals surface area contributed by atoms with Crippen LogP contribution in [0.1, 0.15) is 12.8 Å². The Balaban J connectivity index is 1.95. The van der Waals surface area contributed by atoms with Gasteiger partial charge in [0.25, 0.3) is 0 Å². The quantitative estimate of drug-likeness (QED) is 0.737. The summed E-state index contributed by atoms with van der Waals surface area (Å²) in [5.41, 5.74) is 0. The number of carbonyl (C=O) groups is 2. The summed E-state index contributed by atoms with van der Waals surface area (Å²) in [5.74, 6) is -0.953. The summed E-state index contributed by atoms with van der Waals surface area (Å²) in [5, 5.41) is 8.93. The monoisotopic (exact) mass is 228 g/mol. The molecule has 2 aliphatic heterocycles. The predicted octanol–water partition coefficient (Wildman–Crippen LogP) is -0.0140. The van der Waals surface area contributed by atoms with Crippen molar-refractivity contribution >= 4 is 12.0 Å². The summed E-state index contributed by atoms with van der Waals surface area (Å²) in [4.78, 5) is 25.5. The van der Waals surface area contributed by atoms with Crippen molar-refractivity contribution in [3.05, 3.63) is 0 Å². The van der Waals surface area contributed by atoms with Gasteiger partial charge in [-0.25, -0.2) is 9.59 Å². The summed E-state index contributed by atoms with van der Waals surface area (Å²) in [7, 11) is 1.52. The molecule has 2 amide bonds. The second-order valence-corrected chi connectivity index (χ2v) is 4.29. The molecular formula is C10H16N2O4. The Bertz CT molecular complexity index is 301. The fourth-order valence-corrected chi connectivity index (χ4v) is 2.20. The summed E-state index contributed by atoms with van der Waals surface area (Å²) in [6.07, 6.45) is 2.04. The average Bonchev–Trinajstić information content (AvgIpc) is 2.82. The van der Waals surface area contributed by atoms with Gasteiger partial charge in [0.15, 0.2) is 0 Å². The Labute approximate surface area is 93.8 Å². The Morgan fingerprint density at radius 2 is 2.38 bits per heavy atom. The maximum absolute atomic E-state index is 11.7. The van der Waals surface area contributed by atoms with E-state index in [1.807, 2.05) is 0 Å². The van der Waals surface area contributed by atoms with Crippen LogP contribution >= 0.6 is 0 Å². The molecular weight excluding hydrogens is 212 g/mol. The molecule has 90 valence electrons. The van der Waals surface area contributed by atoms with Crippen molar-refractivity contribution in [1.29, 1.82) is 0 Å². The van der Waals surface area contributed by atoms with E-state index in [4.69, 9.17) is 9.84 Å². The number of amides is 2. The Kier molecular flexibility index (Phi) is 3.00. The lowest BCUT2D eigenvalue weighted by molar-refractivity contribution is -0.140. The molecule has 6 nitrogen and oxygen atoms in total. The van der Waals surface area contributed by atoms with Crippen LogP contribution in [0.15, 0.2) is 0 Å². The lowest BCUT2D eigenvalue weighted by Gasteiger charge is -2.19. The molecule has 2 rings (SSSR count). The van der Waals surface area contributed by atoms with Gasteiger partial charge in [-0.15, -0.1) is 0 Å². The fraction of sp³-hybridized carbons (Fsp3) is 0.800. The lowest BCUT2D eigenvalue weighted by Crippen LogP contribution is -2.36. The summed E-state index contributed by atoms with van der Waals surface area (Å²) in [6.45, 7) is 1.50. The third-order valence-electron chi connectivity index (χ3n) is 3.17. The first kappa shape index (κ1) is 11.2. The average molecular weight is 228 g/mol. The van der Waals surface area contributed by atoms with Crippen molar-refractivity contribution in [2.24, 2.45) is 0 Å². The lowest BCUT2D eigenvalue weighted by atomic mass is 10.2. The smallest absolute Gasteiger partial charge is 0.328 e. The number of hydrogen-bond donors (Lipinski definition) is 1.